The monoisotopic (exact) mass is 393 g/mol. The molecule has 0 aliphatic carbocycles. The molecule has 2 aromatic rings. The zero-order valence-corrected chi connectivity index (χ0v) is 13.7. The first kappa shape index (κ1) is 14.5. The predicted molar refractivity (Wildman–Crippen MR) is 90.0 cm³/mol. The molecule has 108 valence electrons. The van der Waals surface area contributed by atoms with Crippen molar-refractivity contribution < 1.29 is 4.79 Å². The van der Waals surface area contributed by atoms with Crippen molar-refractivity contribution in [2.45, 2.75) is 6.04 Å². The Balaban J connectivity index is 1.91. The lowest BCUT2D eigenvalue weighted by Gasteiger charge is -2.36. The van der Waals surface area contributed by atoms with E-state index in [1.165, 1.54) is 0 Å². The van der Waals surface area contributed by atoms with Crippen LogP contribution in [0.4, 0.5) is 0 Å². The highest BCUT2D eigenvalue weighted by Gasteiger charge is 2.29. The summed E-state index contributed by atoms with van der Waals surface area (Å²) >= 11 is 2.22. The molecule has 1 aromatic heterocycles. The van der Waals surface area contributed by atoms with E-state index < -0.39 is 0 Å². The maximum absolute atomic E-state index is 12.9. The average molecular weight is 393 g/mol. The molecular weight excluding hydrogens is 377 g/mol. The third kappa shape index (κ3) is 3.08. The van der Waals surface area contributed by atoms with Crippen molar-refractivity contribution in [3.8, 4) is 0 Å². The first-order chi connectivity index (χ1) is 10.3. The van der Waals surface area contributed by atoms with Crippen LogP contribution in [0.3, 0.4) is 0 Å². The first-order valence-electron chi connectivity index (χ1n) is 6.93. The Kier molecular flexibility index (Phi) is 4.50. The number of hydrogen-bond acceptors (Lipinski definition) is 3. The highest BCUT2D eigenvalue weighted by Crippen LogP contribution is 2.25. The van der Waals surface area contributed by atoms with E-state index in [9.17, 15) is 4.79 Å². The summed E-state index contributed by atoms with van der Waals surface area (Å²) in [5.74, 6) is 0.0929. The molecule has 0 bridgehead atoms. The minimum atomic E-state index is 0.0379. The second-order valence-corrected chi connectivity index (χ2v) is 6.15. The zero-order chi connectivity index (χ0) is 14.7. The van der Waals surface area contributed by atoms with Crippen LogP contribution < -0.4 is 5.32 Å². The summed E-state index contributed by atoms with van der Waals surface area (Å²) < 4.78 is 0.989. The van der Waals surface area contributed by atoms with E-state index in [2.05, 4.69) is 32.9 Å². The molecule has 0 radical (unpaired) electrons. The second-order valence-electron chi connectivity index (χ2n) is 4.98. The van der Waals surface area contributed by atoms with Gasteiger partial charge in [0.25, 0.3) is 5.91 Å². The fourth-order valence-corrected chi connectivity index (χ4v) is 3.23. The zero-order valence-electron chi connectivity index (χ0n) is 11.5. The van der Waals surface area contributed by atoms with Crippen molar-refractivity contribution in [3.05, 3.63) is 63.5 Å². The van der Waals surface area contributed by atoms with Gasteiger partial charge in [-0.05, 0) is 46.4 Å². The Morgan fingerprint density at radius 3 is 2.90 bits per heavy atom. The number of nitrogens with zero attached hydrogens (tertiary/aromatic N) is 2. The largest absolute Gasteiger partial charge is 0.329 e. The number of pyridine rings is 1. The van der Waals surface area contributed by atoms with Crippen molar-refractivity contribution in [2.75, 3.05) is 19.6 Å². The molecule has 5 heteroatoms. The van der Waals surface area contributed by atoms with Gasteiger partial charge in [0.05, 0.1) is 11.6 Å². The van der Waals surface area contributed by atoms with Gasteiger partial charge >= 0.3 is 0 Å². The molecule has 1 saturated heterocycles. The van der Waals surface area contributed by atoms with Crippen LogP contribution in [-0.4, -0.2) is 35.4 Å². The first-order valence-corrected chi connectivity index (χ1v) is 8.01. The molecule has 1 aliphatic rings. The lowest BCUT2D eigenvalue weighted by atomic mass is 10.0. The quantitative estimate of drug-likeness (QED) is 0.798. The number of carbonyl (C=O) groups is 1. The highest BCUT2D eigenvalue weighted by atomic mass is 127. The standard InChI is InChI=1S/C16H16IN3O/c17-14-6-2-1-5-13(14)16(21)20-9-8-19-11-15(20)12-4-3-7-18-10-12/h1-7,10,15,19H,8-9,11H2. The van der Waals surface area contributed by atoms with Crippen molar-refractivity contribution in [1.29, 1.82) is 0 Å². The number of halogens is 1. The number of nitrogens with one attached hydrogen (secondary N) is 1. The van der Waals surface area contributed by atoms with E-state index in [4.69, 9.17) is 0 Å². The van der Waals surface area contributed by atoms with Crippen molar-refractivity contribution in [3.63, 3.8) is 0 Å². The molecule has 1 atom stereocenters. The van der Waals surface area contributed by atoms with Crippen LogP contribution >= 0.6 is 22.6 Å². The smallest absolute Gasteiger partial charge is 0.255 e. The molecule has 1 aromatic carbocycles. The summed E-state index contributed by atoms with van der Waals surface area (Å²) in [4.78, 5) is 19.0. The van der Waals surface area contributed by atoms with Crippen LogP contribution in [-0.2, 0) is 0 Å². The minimum absolute atomic E-state index is 0.0379. The van der Waals surface area contributed by atoms with Gasteiger partial charge in [-0.25, -0.2) is 0 Å². The van der Waals surface area contributed by atoms with E-state index >= 15 is 0 Å². The number of hydrogen-bond donors (Lipinski definition) is 1. The van der Waals surface area contributed by atoms with Crippen LogP contribution in [0, 0.1) is 3.57 Å². The molecule has 0 spiro atoms. The number of rotatable bonds is 2. The Bertz CT molecular complexity index is 632. The van der Waals surface area contributed by atoms with Gasteiger partial charge in [0.2, 0.25) is 0 Å². The Morgan fingerprint density at radius 1 is 1.29 bits per heavy atom. The molecule has 1 fully saturated rings. The van der Waals surface area contributed by atoms with Crippen molar-refractivity contribution in [1.82, 2.24) is 15.2 Å². The Hall–Kier alpha value is -1.47. The number of benzene rings is 1. The fraction of sp³-hybridized carbons (Fsp3) is 0.250. The highest BCUT2D eigenvalue weighted by molar-refractivity contribution is 14.1. The summed E-state index contributed by atoms with van der Waals surface area (Å²) in [6.07, 6.45) is 3.60. The summed E-state index contributed by atoms with van der Waals surface area (Å²) in [5.41, 5.74) is 1.85. The van der Waals surface area contributed by atoms with Crippen LogP contribution in [0.1, 0.15) is 22.0 Å². The molecule has 1 N–H and O–H groups in total. The maximum Gasteiger partial charge on any atom is 0.255 e. The molecule has 2 heterocycles. The van der Waals surface area contributed by atoms with E-state index in [1.54, 1.807) is 6.20 Å². The maximum atomic E-state index is 12.9. The van der Waals surface area contributed by atoms with Crippen LogP contribution in [0.2, 0.25) is 0 Å². The molecule has 3 rings (SSSR count). The molecule has 1 aliphatic heterocycles. The molecule has 1 unspecified atom stereocenters. The summed E-state index contributed by atoms with van der Waals surface area (Å²) in [5, 5.41) is 3.36. The van der Waals surface area contributed by atoms with Gasteiger partial charge in [-0.3, -0.25) is 9.78 Å². The second kappa shape index (κ2) is 6.53. The average Bonchev–Trinajstić information content (AvgIpc) is 2.55. The molecule has 21 heavy (non-hydrogen) atoms. The topological polar surface area (TPSA) is 45.2 Å². The third-order valence-electron chi connectivity index (χ3n) is 3.68. The summed E-state index contributed by atoms with van der Waals surface area (Å²) in [6.45, 7) is 2.30. The van der Waals surface area contributed by atoms with E-state index in [0.29, 0.717) is 6.54 Å². The fourth-order valence-electron chi connectivity index (χ4n) is 2.61. The molecule has 4 nitrogen and oxygen atoms in total. The van der Waals surface area contributed by atoms with Gasteiger partial charge in [0, 0.05) is 35.6 Å². The molecular formula is C16H16IN3O. The summed E-state index contributed by atoms with van der Waals surface area (Å²) in [7, 11) is 0. The summed E-state index contributed by atoms with van der Waals surface area (Å²) in [6, 6.07) is 11.7. The van der Waals surface area contributed by atoms with Crippen LogP contribution in [0.15, 0.2) is 48.8 Å². The minimum Gasteiger partial charge on any atom is -0.329 e. The number of piperazine rings is 1. The Morgan fingerprint density at radius 2 is 2.14 bits per heavy atom. The lowest BCUT2D eigenvalue weighted by Crippen LogP contribution is -2.48. The van der Waals surface area contributed by atoms with Crippen molar-refractivity contribution >= 4 is 28.5 Å². The number of aromatic nitrogens is 1. The van der Waals surface area contributed by atoms with E-state index in [0.717, 1.165) is 27.8 Å². The predicted octanol–water partition coefficient (Wildman–Crippen LogP) is 2.47. The van der Waals surface area contributed by atoms with Crippen LogP contribution in [0.25, 0.3) is 0 Å². The number of carbonyl (C=O) groups excluding carboxylic acids is 1. The lowest BCUT2D eigenvalue weighted by molar-refractivity contribution is 0.0633. The van der Waals surface area contributed by atoms with Crippen molar-refractivity contribution in [2.24, 2.45) is 0 Å². The van der Waals surface area contributed by atoms with Gasteiger partial charge < -0.3 is 10.2 Å². The molecule has 0 saturated carbocycles. The normalized spacial score (nSPS) is 18.5. The third-order valence-corrected chi connectivity index (χ3v) is 4.62. The Labute approximate surface area is 137 Å². The van der Waals surface area contributed by atoms with E-state index in [-0.39, 0.29) is 11.9 Å². The SMILES string of the molecule is O=C(c1ccccc1I)N1CCNCC1c1cccnc1. The number of amides is 1. The van der Waals surface area contributed by atoms with Gasteiger partial charge in [-0.2, -0.15) is 0 Å². The molecule has 1 amide bonds. The van der Waals surface area contributed by atoms with Gasteiger partial charge in [0.15, 0.2) is 0 Å². The van der Waals surface area contributed by atoms with Gasteiger partial charge in [-0.15, -0.1) is 0 Å². The van der Waals surface area contributed by atoms with Gasteiger partial charge in [0.1, 0.15) is 0 Å². The van der Waals surface area contributed by atoms with E-state index in [1.807, 2.05) is 47.5 Å². The van der Waals surface area contributed by atoms with Gasteiger partial charge in [-0.1, -0.05) is 18.2 Å². The van der Waals surface area contributed by atoms with Crippen LogP contribution in [0.5, 0.6) is 0 Å².